The van der Waals surface area contributed by atoms with Gasteiger partial charge in [0, 0.05) is 29.0 Å². The second-order valence-corrected chi connectivity index (χ2v) is 7.50. The number of carbonyl (C=O) groups is 2. The molecule has 0 atom stereocenters. The Balaban J connectivity index is 1.50. The van der Waals surface area contributed by atoms with Crippen molar-refractivity contribution in [1.29, 1.82) is 0 Å². The van der Waals surface area contributed by atoms with Crippen LogP contribution < -0.4 is 10.2 Å². The van der Waals surface area contributed by atoms with Crippen molar-refractivity contribution in [3.63, 3.8) is 0 Å². The maximum absolute atomic E-state index is 12.6. The van der Waals surface area contributed by atoms with Crippen LogP contribution in [-0.4, -0.2) is 43.1 Å². The van der Waals surface area contributed by atoms with Crippen LogP contribution in [0.3, 0.4) is 0 Å². The largest absolute Gasteiger partial charge is 0.497 e. The van der Waals surface area contributed by atoms with E-state index in [4.69, 9.17) is 4.74 Å². The highest BCUT2D eigenvalue weighted by molar-refractivity contribution is 9.10. The number of hydrazone groups is 1. The lowest BCUT2D eigenvalue weighted by atomic mass is 9.95. The van der Waals surface area contributed by atoms with Crippen LogP contribution in [0.1, 0.15) is 28.8 Å². The van der Waals surface area contributed by atoms with E-state index in [1.807, 2.05) is 30.3 Å². The van der Waals surface area contributed by atoms with Gasteiger partial charge < -0.3 is 9.64 Å². The zero-order valence-corrected chi connectivity index (χ0v) is 17.2. The lowest BCUT2D eigenvalue weighted by Gasteiger charge is -2.31. The molecule has 0 aliphatic carbocycles. The van der Waals surface area contributed by atoms with Crippen LogP contribution in [0.15, 0.2) is 58.1 Å². The number of benzene rings is 2. The molecule has 1 aliphatic rings. The third-order valence-corrected chi connectivity index (χ3v) is 5.20. The third-order valence-electron chi connectivity index (χ3n) is 4.71. The first-order valence-electron chi connectivity index (χ1n) is 9.08. The summed E-state index contributed by atoms with van der Waals surface area (Å²) in [5, 5.41) is 4.04. The van der Waals surface area contributed by atoms with Crippen molar-refractivity contribution in [2.45, 2.75) is 12.8 Å². The third kappa shape index (κ3) is 5.19. The van der Waals surface area contributed by atoms with Gasteiger partial charge in [-0.3, -0.25) is 9.59 Å². The number of rotatable bonds is 5. The van der Waals surface area contributed by atoms with Gasteiger partial charge in [-0.25, -0.2) is 5.43 Å². The summed E-state index contributed by atoms with van der Waals surface area (Å²) in [6.45, 7) is 1.09. The molecule has 6 nitrogen and oxygen atoms in total. The molecule has 28 heavy (non-hydrogen) atoms. The Kier molecular flexibility index (Phi) is 6.81. The molecule has 0 aromatic heterocycles. The molecule has 3 rings (SSSR count). The van der Waals surface area contributed by atoms with Crippen LogP contribution in [0.5, 0.6) is 5.75 Å². The van der Waals surface area contributed by atoms with E-state index in [9.17, 15) is 9.59 Å². The highest BCUT2D eigenvalue weighted by atomic mass is 79.9. The van der Waals surface area contributed by atoms with Crippen LogP contribution in [0.2, 0.25) is 0 Å². The number of carbonyl (C=O) groups excluding carboxylic acids is 2. The number of hydrogen-bond donors (Lipinski definition) is 1. The molecule has 1 heterocycles. The van der Waals surface area contributed by atoms with E-state index in [-0.39, 0.29) is 17.7 Å². The van der Waals surface area contributed by atoms with Crippen LogP contribution in [0.4, 0.5) is 0 Å². The maximum atomic E-state index is 12.6. The van der Waals surface area contributed by atoms with E-state index in [2.05, 4.69) is 26.5 Å². The van der Waals surface area contributed by atoms with Crippen LogP contribution in [-0.2, 0) is 4.79 Å². The molecule has 7 heteroatoms. The summed E-state index contributed by atoms with van der Waals surface area (Å²) in [6, 6.07) is 14.8. The Morgan fingerprint density at radius 3 is 2.64 bits per heavy atom. The lowest BCUT2D eigenvalue weighted by Crippen LogP contribution is -2.42. The number of ether oxygens (including phenoxy) is 1. The van der Waals surface area contributed by atoms with Gasteiger partial charge in [-0.1, -0.05) is 34.1 Å². The molecule has 0 radical (unpaired) electrons. The quantitative estimate of drug-likeness (QED) is 0.567. The van der Waals surface area contributed by atoms with Crippen molar-refractivity contribution in [1.82, 2.24) is 10.3 Å². The molecule has 1 N–H and O–H groups in total. The number of methoxy groups -OCH3 is 1. The van der Waals surface area contributed by atoms with Crippen molar-refractivity contribution in [2.75, 3.05) is 20.2 Å². The Bertz CT molecular complexity index is 877. The molecular formula is C21H22BrN3O3. The number of hydrogen-bond acceptors (Lipinski definition) is 4. The topological polar surface area (TPSA) is 71.0 Å². The minimum Gasteiger partial charge on any atom is -0.497 e. The first-order chi connectivity index (χ1) is 13.6. The van der Waals surface area contributed by atoms with Gasteiger partial charge in [0.05, 0.1) is 13.3 Å². The van der Waals surface area contributed by atoms with Gasteiger partial charge in [-0.05, 0) is 48.7 Å². The number of amides is 2. The number of piperidine rings is 1. The van der Waals surface area contributed by atoms with Gasteiger partial charge in [0.25, 0.3) is 5.91 Å². The Morgan fingerprint density at radius 2 is 1.93 bits per heavy atom. The molecule has 0 unspecified atom stereocenters. The zero-order chi connectivity index (χ0) is 19.9. The fraction of sp³-hybridized carbons (Fsp3) is 0.286. The van der Waals surface area contributed by atoms with Gasteiger partial charge in [0.2, 0.25) is 5.91 Å². The average Bonchev–Trinajstić information content (AvgIpc) is 2.73. The molecule has 0 saturated carbocycles. The predicted molar refractivity (Wildman–Crippen MR) is 112 cm³/mol. The molecule has 0 spiro atoms. The van der Waals surface area contributed by atoms with E-state index in [1.165, 1.54) is 0 Å². The first-order valence-corrected chi connectivity index (χ1v) is 9.88. The fourth-order valence-corrected chi connectivity index (χ4v) is 3.55. The highest BCUT2D eigenvalue weighted by Crippen LogP contribution is 2.21. The number of halogens is 1. The van der Waals surface area contributed by atoms with Gasteiger partial charge >= 0.3 is 0 Å². The monoisotopic (exact) mass is 443 g/mol. The Labute approximate surface area is 172 Å². The van der Waals surface area contributed by atoms with E-state index in [0.717, 1.165) is 10.0 Å². The second kappa shape index (κ2) is 9.50. The van der Waals surface area contributed by atoms with Crippen molar-refractivity contribution < 1.29 is 14.3 Å². The van der Waals surface area contributed by atoms with E-state index < -0.39 is 0 Å². The second-order valence-electron chi connectivity index (χ2n) is 6.59. The molecule has 2 amide bonds. The SMILES string of the molecule is COc1cccc(C(=O)N2CCC(C(=O)N/N=C\c3cccc(Br)c3)CC2)c1. The molecule has 1 saturated heterocycles. The van der Waals surface area contributed by atoms with Crippen molar-refractivity contribution in [3.05, 3.63) is 64.1 Å². The summed E-state index contributed by atoms with van der Waals surface area (Å²) in [6.07, 6.45) is 2.85. The number of nitrogens with one attached hydrogen (secondary N) is 1. The highest BCUT2D eigenvalue weighted by Gasteiger charge is 2.27. The van der Waals surface area contributed by atoms with Crippen LogP contribution in [0, 0.1) is 5.92 Å². The summed E-state index contributed by atoms with van der Waals surface area (Å²) >= 11 is 3.40. The normalized spacial score (nSPS) is 14.9. The lowest BCUT2D eigenvalue weighted by molar-refractivity contribution is -0.126. The minimum atomic E-state index is -0.144. The van der Waals surface area contributed by atoms with E-state index >= 15 is 0 Å². The standard InChI is InChI=1S/C21H22BrN3O3/c1-28-19-7-3-5-17(13-19)21(27)25-10-8-16(9-11-25)20(26)24-23-14-15-4-2-6-18(22)12-15/h2-7,12-14,16H,8-11H2,1H3,(H,24,26)/b23-14-. The number of nitrogens with zero attached hydrogens (tertiary/aromatic N) is 2. The van der Waals surface area contributed by atoms with E-state index in [0.29, 0.717) is 37.2 Å². The smallest absolute Gasteiger partial charge is 0.253 e. The van der Waals surface area contributed by atoms with Gasteiger partial charge in [-0.15, -0.1) is 0 Å². The Hall–Kier alpha value is -2.67. The molecule has 0 bridgehead atoms. The van der Waals surface area contributed by atoms with Gasteiger partial charge in [0.1, 0.15) is 5.75 Å². The molecule has 1 fully saturated rings. The molecular weight excluding hydrogens is 422 g/mol. The number of likely N-dealkylation sites (tertiary alicyclic amines) is 1. The molecule has 146 valence electrons. The minimum absolute atomic E-state index is 0.0366. The van der Waals surface area contributed by atoms with Crippen molar-refractivity contribution >= 4 is 34.0 Å². The van der Waals surface area contributed by atoms with Crippen molar-refractivity contribution in [3.8, 4) is 5.75 Å². The molecule has 2 aromatic carbocycles. The van der Waals surface area contributed by atoms with Gasteiger partial charge in [0.15, 0.2) is 0 Å². The van der Waals surface area contributed by atoms with Crippen LogP contribution >= 0.6 is 15.9 Å². The summed E-state index contributed by atoms with van der Waals surface area (Å²) in [7, 11) is 1.58. The van der Waals surface area contributed by atoms with E-state index in [1.54, 1.807) is 36.4 Å². The molecule has 2 aromatic rings. The maximum Gasteiger partial charge on any atom is 0.253 e. The predicted octanol–water partition coefficient (Wildman–Crippen LogP) is 3.46. The van der Waals surface area contributed by atoms with Gasteiger partial charge in [-0.2, -0.15) is 5.10 Å². The molecule has 1 aliphatic heterocycles. The van der Waals surface area contributed by atoms with Crippen LogP contribution in [0.25, 0.3) is 0 Å². The summed E-state index contributed by atoms with van der Waals surface area (Å²) in [5.41, 5.74) is 4.10. The summed E-state index contributed by atoms with van der Waals surface area (Å²) < 4.78 is 6.13. The average molecular weight is 444 g/mol. The summed E-state index contributed by atoms with van der Waals surface area (Å²) in [4.78, 5) is 26.8. The van der Waals surface area contributed by atoms with Crippen molar-refractivity contribution in [2.24, 2.45) is 11.0 Å². The zero-order valence-electron chi connectivity index (χ0n) is 15.6. The summed E-state index contributed by atoms with van der Waals surface area (Å²) in [5.74, 6) is 0.364. The Morgan fingerprint density at radius 1 is 1.18 bits per heavy atom. The first kappa shape index (κ1) is 20.1. The fourth-order valence-electron chi connectivity index (χ4n) is 3.13.